The molecule has 0 radical (unpaired) electrons. The molecule has 2 aliphatic rings. The summed E-state index contributed by atoms with van der Waals surface area (Å²) in [7, 11) is 4.06. The summed E-state index contributed by atoms with van der Waals surface area (Å²) in [6.45, 7) is 2.88. The van der Waals surface area contributed by atoms with E-state index >= 15 is 0 Å². The largest absolute Gasteiger partial charge is 0.344 e. The van der Waals surface area contributed by atoms with Crippen molar-refractivity contribution in [3.63, 3.8) is 0 Å². The Labute approximate surface area is 178 Å². The number of carbonyl (C=O) groups excluding carboxylic acids is 2. The molecule has 1 aromatic carbocycles. The van der Waals surface area contributed by atoms with Crippen molar-refractivity contribution in [2.75, 3.05) is 33.7 Å². The van der Waals surface area contributed by atoms with E-state index in [0.29, 0.717) is 37.7 Å². The van der Waals surface area contributed by atoms with Crippen LogP contribution in [0.25, 0.3) is 0 Å². The molecule has 3 heterocycles. The summed E-state index contributed by atoms with van der Waals surface area (Å²) in [5, 5.41) is 0. The van der Waals surface area contributed by atoms with Crippen molar-refractivity contribution < 1.29 is 9.59 Å². The van der Waals surface area contributed by atoms with Crippen LogP contribution in [0.3, 0.4) is 0 Å². The van der Waals surface area contributed by atoms with Crippen LogP contribution < -0.4 is 0 Å². The summed E-state index contributed by atoms with van der Waals surface area (Å²) in [5.41, 5.74) is 3.25. The predicted molar refractivity (Wildman–Crippen MR) is 116 cm³/mol. The van der Waals surface area contributed by atoms with Gasteiger partial charge in [-0.3, -0.25) is 19.5 Å². The predicted octanol–water partition coefficient (Wildman–Crippen LogP) is 2.45. The number of likely N-dealkylation sites (tertiary alicyclic amines) is 1. The Balaban J connectivity index is 1.30. The molecular formula is C24H30N4O2. The van der Waals surface area contributed by atoms with E-state index in [1.165, 1.54) is 11.1 Å². The number of nitrogens with zero attached hydrogens (tertiary/aromatic N) is 4. The van der Waals surface area contributed by atoms with E-state index in [1.54, 1.807) is 18.3 Å². The highest BCUT2D eigenvalue weighted by atomic mass is 16.2. The zero-order chi connectivity index (χ0) is 21.1. The van der Waals surface area contributed by atoms with Gasteiger partial charge in [0.25, 0.3) is 5.91 Å². The average molecular weight is 407 g/mol. The Morgan fingerprint density at radius 2 is 1.77 bits per heavy atom. The number of carbonyl (C=O) groups is 2. The van der Waals surface area contributed by atoms with Gasteiger partial charge in [-0.25, -0.2) is 0 Å². The van der Waals surface area contributed by atoms with Gasteiger partial charge in [0.2, 0.25) is 5.91 Å². The van der Waals surface area contributed by atoms with Crippen LogP contribution in [-0.4, -0.2) is 71.3 Å². The van der Waals surface area contributed by atoms with E-state index < -0.39 is 0 Å². The van der Waals surface area contributed by atoms with Crippen molar-refractivity contribution in [2.45, 2.75) is 31.8 Å². The smallest absolute Gasteiger partial charge is 0.272 e. The lowest BCUT2D eigenvalue weighted by atomic mass is 9.92. The zero-order valence-corrected chi connectivity index (χ0v) is 17.8. The molecular weight excluding hydrogens is 376 g/mol. The van der Waals surface area contributed by atoms with Gasteiger partial charge in [-0.15, -0.1) is 0 Å². The number of rotatable bonds is 4. The summed E-state index contributed by atoms with van der Waals surface area (Å²) < 4.78 is 0. The van der Waals surface area contributed by atoms with Crippen LogP contribution in [0.1, 0.15) is 34.5 Å². The highest BCUT2D eigenvalue weighted by Gasteiger charge is 2.32. The topological polar surface area (TPSA) is 56.8 Å². The minimum atomic E-state index is -0.0441. The second-order valence-electron chi connectivity index (χ2n) is 8.54. The summed E-state index contributed by atoms with van der Waals surface area (Å²) in [6, 6.07) is 14.3. The summed E-state index contributed by atoms with van der Waals surface area (Å²) in [4.78, 5) is 35.9. The second-order valence-corrected chi connectivity index (χ2v) is 8.54. The number of aromatic nitrogens is 1. The van der Waals surface area contributed by atoms with Crippen molar-refractivity contribution in [1.82, 2.24) is 19.7 Å². The monoisotopic (exact) mass is 406 g/mol. The average Bonchev–Trinajstić information content (AvgIpc) is 2.79. The van der Waals surface area contributed by atoms with Crippen LogP contribution in [0.15, 0.2) is 48.7 Å². The van der Waals surface area contributed by atoms with Crippen LogP contribution in [0.4, 0.5) is 0 Å². The Kier molecular flexibility index (Phi) is 6.13. The van der Waals surface area contributed by atoms with Crippen LogP contribution in [-0.2, 0) is 17.8 Å². The molecule has 1 unspecified atom stereocenters. The molecule has 0 spiro atoms. The fourth-order valence-electron chi connectivity index (χ4n) is 4.62. The minimum Gasteiger partial charge on any atom is -0.344 e. The Hall–Kier alpha value is -2.73. The third kappa shape index (κ3) is 4.38. The molecule has 0 saturated carbocycles. The Morgan fingerprint density at radius 1 is 1.07 bits per heavy atom. The quantitative estimate of drug-likeness (QED) is 0.783. The molecule has 2 amide bonds. The number of pyridine rings is 1. The third-order valence-electron chi connectivity index (χ3n) is 6.49. The molecule has 1 saturated heterocycles. The van der Waals surface area contributed by atoms with Gasteiger partial charge in [0.05, 0.1) is 0 Å². The maximum Gasteiger partial charge on any atom is 0.272 e. The van der Waals surface area contributed by atoms with Crippen LogP contribution in [0.2, 0.25) is 0 Å². The molecule has 1 fully saturated rings. The first kappa shape index (κ1) is 20.5. The highest BCUT2D eigenvalue weighted by Crippen LogP contribution is 2.24. The molecule has 1 atom stereocenters. The fraction of sp³-hybridized carbons (Fsp3) is 0.458. The Bertz CT molecular complexity index is 893. The van der Waals surface area contributed by atoms with Crippen molar-refractivity contribution in [2.24, 2.45) is 5.92 Å². The van der Waals surface area contributed by atoms with Crippen LogP contribution >= 0.6 is 0 Å². The molecule has 2 aromatic rings. The van der Waals surface area contributed by atoms with Gasteiger partial charge in [-0.05, 0) is 49.6 Å². The number of hydrogen-bond acceptors (Lipinski definition) is 4. The molecule has 6 nitrogen and oxygen atoms in total. The van der Waals surface area contributed by atoms with Gasteiger partial charge < -0.3 is 9.80 Å². The van der Waals surface area contributed by atoms with Crippen molar-refractivity contribution in [3.8, 4) is 0 Å². The molecule has 6 heteroatoms. The van der Waals surface area contributed by atoms with Gasteiger partial charge in [0, 0.05) is 51.4 Å². The molecule has 0 N–H and O–H groups in total. The lowest BCUT2D eigenvalue weighted by molar-refractivity contribution is -0.136. The van der Waals surface area contributed by atoms with E-state index in [4.69, 9.17) is 0 Å². The first-order chi connectivity index (χ1) is 14.5. The summed E-state index contributed by atoms with van der Waals surface area (Å²) >= 11 is 0. The molecule has 1 aromatic heterocycles. The number of fused-ring (bicyclic) bond motifs is 1. The number of hydrogen-bond donors (Lipinski definition) is 0. The third-order valence-corrected chi connectivity index (χ3v) is 6.49. The number of benzene rings is 1. The van der Waals surface area contributed by atoms with E-state index in [0.717, 1.165) is 19.5 Å². The first-order valence-electron chi connectivity index (χ1n) is 10.7. The maximum atomic E-state index is 13.1. The normalized spacial score (nSPS) is 19.9. The number of piperidine rings is 1. The number of amides is 2. The summed E-state index contributed by atoms with van der Waals surface area (Å²) in [6.07, 6.45) is 4.04. The van der Waals surface area contributed by atoms with Crippen molar-refractivity contribution in [3.05, 3.63) is 65.5 Å². The van der Waals surface area contributed by atoms with Gasteiger partial charge >= 0.3 is 0 Å². The zero-order valence-electron chi connectivity index (χ0n) is 17.8. The van der Waals surface area contributed by atoms with Crippen LogP contribution in [0.5, 0.6) is 0 Å². The fourth-order valence-corrected chi connectivity index (χ4v) is 4.62. The van der Waals surface area contributed by atoms with Crippen molar-refractivity contribution in [1.29, 1.82) is 0 Å². The molecule has 30 heavy (non-hydrogen) atoms. The molecule has 0 bridgehead atoms. The Morgan fingerprint density at radius 3 is 2.47 bits per heavy atom. The van der Waals surface area contributed by atoms with E-state index in [1.807, 2.05) is 22.9 Å². The molecule has 0 aliphatic carbocycles. The van der Waals surface area contributed by atoms with Gasteiger partial charge in [-0.1, -0.05) is 30.3 Å². The lowest BCUT2D eigenvalue weighted by Gasteiger charge is -2.38. The van der Waals surface area contributed by atoms with Crippen LogP contribution in [0, 0.1) is 5.92 Å². The first-order valence-corrected chi connectivity index (χ1v) is 10.7. The van der Waals surface area contributed by atoms with Gasteiger partial charge in [-0.2, -0.15) is 0 Å². The van der Waals surface area contributed by atoms with Gasteiger partial charge in [0.15, 0.2) is 0 Å². The van der Waals surface area contributed by atoms with E-state index in [9.17, 15) is 9.59 Å². The summed E-state index contributed by atoms with van der Waals surface area (Å²) in [5.74, 6) is 0.147. The minimum absolute atomic E-state index is 0.0102. The molecule has 4 rings (SSSR count). The molecule has 158 valence electrons. The lowest BCUT2D eigenvalue weighted by Crippen LogP contribution is -2.49. The van der Waals surface area contributed by atoms with E-state index in [-0.39, 0.29) is 17.7 Å². The number of likely N-dealkylation sites (N-methyl/N-ethyl adjacent to an activating group) is 2. The molecule has 2 aliphatic heterocycles. The SMILES string of the molecule is CN(CC1Cc2ccccc2CN1C)C(=O)C1CCN(C(=O)c2ccccn2)CC1. The standard InChI is InChI=1S/C24H30N4O2/c1-26-16-20-8-4-3-7-19(20)15-21(26)17-27(2)23(29)18-10-13-28(14-11-18)24(30)22-9-5-6-12-25-22/h3-9,12,18,21H,10-11,13-17H2,1-2H3. The maximum absolute atomic E-state index is 13.1. The second kappa shape index (κ2) is 8.96. The van der Waals surface area contributed by atoms with Gasteiger partial charge in [0.1, 0.15) is 5.69 Å². The van der Waals surface area contributed by atoms with Crippen molar-refractivity contribution >= 4 is 11.8 Å². The highest BCUT2D eigenvalue weighted by molar-refractivity contribution is 5.92. The van der Waals surface area contributed by atoms with E-state index in [2.05, 4.69) is 41.2 Å².